The first kappa shape index (κ1) is 65.6. The molecule has 1 aliphatic heterocycles. The van der Waals surface area contributed by atoms with Crippen LogP contribution in [-0.2, 0) is 4.74 Å². The van der Waals surface area contributed by atoms with Crippen LogP contribution >= 0.6 is 31.9 Å². The predicted molar refractivity (Wildman–Crippen MR) is 302 cm³/mol. The van der Waals surface area contributed by atoms with Crippen LogP contribution in [0, 0.1) is 6.07 Å². The largest absolute Gasteiger partial charge is 2.00 e. The molecule has 0 aliphatic carbocycles. The maximum Gasteiger partial charge on any atom is 2.00 e. The third kappa shape index (κ3) is 28.0. The van der Waals surface area contributed by atoms with Gasteiger partial charge in [0, 0.05) is 64.9 Å². The third-order valence-electron chi connectivity index (χ3n) is 9.27. The third-order valence-corrected chi connectivity index (χ3v) is 10.2. The van der Waals surface area contributed by atoms with Gasteiger partial charge in [-0.15, -0.1) is 12.1 Å². The fourth-order valence-electron chi connectivity index (χ4n) is 5.78. The number of halogens is 3. The van der Waals surface area contributed by atoms with Gasteiger partial charge in [-0.1, -0.05) is 82.7 Å². The van der Waals surface area contributed by atoms with Crippen molar-refractivity contribution in [2.45, 2.75) is 12.8 Å². The van der Waals surface area contributed by atoms with Crippen LogP contribution in [0.3, 0.4) is 0 Å². The number of aromatic nitrogens is 4. The molecule has 1 aliphatic rings. The Kier molecular flexibility index (Phi) is 36.9. The summed E-state index contributed by atoms with van der Waals surface area (Å²) in [4.78, 5) is 16.6. The van der Waals surface area contributed by atoms with E-state index in [2.05, 4.69) is 57.9 Å². The van der Waals surface area contributed by atoms with E-state index in [0.29, 0.717) is 0 Å². The summed E-state index contributed by atoms with van der Waals surface area (Å²) in [7, 11) is 6.63. The van der Waals surface area contributed by atoms with Crippen LogP contribution < -0.4 is 35.9 Å². The normalized spacial score (nSPS) is 10.1. The van der Waals surface area contributed by atoms with Gasteiger partial charge in [0.2, 0.25) is 0 Å². The minimum Gasteiger partial charge on any atom is -1.00 e. The van der Waals surface area contributed by atoms with E-state index >= 15 is 0 Å². The number of rotatable bonds is 7. The number of aromatic hydroxyl groups is 1. The molecule has 0 radical (unpaired) electrons. The average Bonchev–Trinajstić information content (AvgIpc) is 4.04. The van der Waals surface area contributed by atoms with E-state index in [1.54, 1.807) is 77.5 Å². The molecule has 1 fully saturated rings. The Morgan fingerprint density at radius 3 is 1.18 bits per heavy atom. The molecule has 10 nitrogen and oxygen atoms in total. The van der Waals surface area contributed by atoms with Gasteiger partial charge in [-0.25, -0.2) is 4.98 Å². The fraction of sp³-hybridized carbons (Fsp3) is 0.138. The second kappa shape index (κ2) is 41.0. The summed E-state index contributed by atoms with van der Waals surface area (Å²) >= 11 is 6.52. The summed E-state index contributed by atoms with van der Waals surface area (Å²) in [6.45, 7) is 2.00. The van der Waals surface area contributed by atoms with Crippen LogP contribution in [0.1, 0.15) is 15.7 Å². The quantitative estimate of drug-likeness (QED) is 0.0939. The molecular formula is C58H59Br3Mg2N4O6. The number of pyridine rings is 4. The zero-order chi connectivity index (χ0) is 49.9. The van der Waals surface area contributed by atoms with E-state index in [4.69, 9.17) is 23.7 Å². The summed E-state index contributed by atoms with van der Waals surface area (Å²) < 4.78 is 27.0. The molecule has 73 heavy (non-hydrogen) atoms. The summed E-state index contributed by atoms with van der Waals surface area (Å²) in [5, 5.41) is 9.25. The number of hydrogen-bond donors (Lipinski definition) is 1. The summed E-state index contributed by atoms with van der Waals surface area (Å²) in [6, 6.07) is 63.9. The van der Waals surface area contributed by atoms with Crippen LogP contribution in [0.15, 0.2) is 228 Å². The molecule has 10 rings (SSSR count). The zero-order valence-electron chi connectivity index (χ0n) is 43.4. The molecule has 0 unspecified atom stereocenters. The van der Waals surface area contributed by atoms with Crippen LogP contribution in [0.2, 0.25) is 0 Å². The Morgan fingerprint density at radius 1 is 0.466 bits per heavy atom. The number of phenols is 1. The van der Waals surface area contributed by atoms with Crippen LogP contribution in [-0.4, -0.2) is 113 Å². The maximum atomic E-state index is 9.25. The predicted octanol–water partition coefficient (Wildman–Crippen LogP) is 11.0. The van der Waals surface area contributed by atoms with Gasteiger partial charge in [0.05, 0.1) is 45.5 Å². The number of nitrogens with zero attached hydrogens (tertiary/aromatic N) is 4. The van der Waals surface area contributed by atoms with Crippen molar-refractivity contribution in [3.8, 4) is 62.5 Å². The van der Waals surface area contributed by atoms with Crippen molar-refractivity contribution < 1.29 is 48.6 Å². The first-order valence-corrected chi connectivity index (χ1v) is 23.7. The van der Waals surface area contributed by atoms with Gasteiger partial charge in [0.1, 0.15) is 27.6 Å². The fourth-order valence-corrected chi connectivity index (χ4v) is 6.43. The minimum atomic E-state index is 0. The number of phenolic OH excluding ortho intramolecular Hbond substituents is 1. The topological polar surface area (TPSA) is 118 Å². The van der Waals surface area contributed by atoms with Crippen molar-refractivity contribution in [2.24, 2.45) is 0 Å². The first-order chi connectivity index (χ1) is 34.3. The van der Waals surface area contributed by atoms with E-state index in [-0.39, 0.29) is 71.7 Å². The van der Waals surface area contributed by atoms with Gasteiger partial charge in [0.25, 0.3) is 0 Å². The summed E-state index contributed by atoms with van der Waals surface area (Å²) in [5.41, 5.74) is 5.88. The monoisotopic (exact) mass is 1190 g/mol. The van der Waals surface area contributed by atoms with E-state index in [9.17, 15) is 5.11 Å². The Morgan fingerprint density at radius 2 is 0.877 bits per heavy atom. The van der Waals surface area contributed by atoms with Gasteiger partial charge in [0.15, 0.2) is 0 Å². The molecule has 0 bridgehead atoms. The molecule has 0 atom stereocenters. The number of hydrogen-bond acceptors (Lipinski definition) is 10. The summed E-state index contributed by atoms with van der Waals surface area (Å²) in [5.74, 6) is 3.71. The van der Waals surface area contributed by atoms with Crippen molar-refractivity contribution in [3.05, 3.63) is 234 Å². The zero-order valence-corrected chi connectivity index (χ0v) is 49.0. The molecule has 1 saturated heterocycles. The Balaban J connectivity index is 0. The number of ether oxygens (including phenoxy) is 5. The molecule has 0 saturated carbocycles. The Labute approximate surface area is 493 Å². The average molecular weight is 1200 g/mol. The molecule has 5 heterocycles. The smallest absolute Gasteiger partial charge is 1.00 e. The van der Waals surface area contributed by atoms with Crippen LogP contribution in [0.25, 0.3) is 33.8 Å². The molecule has 372 valence electrons. The standard InChI is InChI=1S/2C12H11NO.C11H9NO.C7H7BrO.C7H7O.C5H4BrN.C4H8O.BrH.2Mg.2H/c2*1-14-11-6-4-5-10(9-11)12-7-2-3-8-13-12;13-10-5-3-4-9(8-10)11-6-1-2-7-12-11;1-9-7-4-2-3-6(8)5-7;1-8-7-5-3-2-4-6-7;6-5-3-1-2-4-7-5;1-2-4-5-3-1;;;;;/h2*2-9H,1H3;1-8,13H;2-5H,1H3;2-3,5-6H,1H3;1-4H;1-4H2;1H;;;;/q;;;;-1;;;;2*+2;2*-1/p-1. The second-order valence-corrected chi connectivity index (χ2v) is 16.0. The molecule has 5 aromatic carbocycles. The molecule has 9 aromatic rings. The van der Waals surface area contributed by atoms with Crippen molar-refractivity contribution >= 4 is 78.0 Å². The van der Waals surface area contributed by atoms with Gasteiger partial charge in [-0.05, 0) is 132 Å². The van der Waals surface area contributed by atoms with Gasteiger partial charge in [-0.2, -0.15) is 18.2 Å². The van der Waals surface area contributed by atoms with Gasteiger partial charge in [-0.3, -0.25) is 15.0 Å². The number of methoxy groups -OCH3 is 4. The SMILES string of the molecule is Brc1ccccn1.C1CCOC1.COc1c[c-]ccc1.COc1cccc(-c2ccccn2)c1.COc1cccc(-c2ccccn2)c1.COc1cccc(Br)c1.Oc1cccc(-c2ccccn2)c1.[Br-].[H-].[H-].[Mg+2].[Mg+2]. The first-order valence-electron chi connectivity index (χ1n) is 22.1. The van der Waals surface area contributed by atoms with Crippen molar-refractivity contribution in [2.75, 3.05) is 41.7 Å². The molecule has 4 aromatic heterocycles. The van der Waals surface area contributed by atoms with E-state index in [1.807, 2.05) is 170 Å². The van der Waals surface area contributed by atoms with Gasteiger partial charge < -0.3 is 48.6 Å². The molecular weight excluding hydrogens is 1140 g/mol. The van der Waals surface area contributed by atoms with E-state index in [1.165, 1.54) is 12.8 Å². The summed E-state index contributed by atoms with van der Waals surface area (Å²) in [6.07, 6.45) is 9.60. The second-order valence-electron chi connectivity index (χ2n) is 14.2. The maximum absolute atomic E-state index is 9.25. The van der Waals surface area contributed by atoms with Crippen molar-refractivity contribution in [1.29, 1.82) is 0 Å². The molecule has 15 heteroatoms. The number of benzene rings is 5. The molecule has 0 spiro atoms. The van der Waals surface area contributed by atoms with Crippen molar-refractivity contribution in [1.82, 2.24) is 19.9 Å². The molecule has 0 amide bonds. The molecule has 1 N–H and O–H groups in total. The van der Waals surface area contributed by atoms with Crippen LogP contribution in [0.4, 0.5) is 0 Å². The van der Waals surface area contributed by atoms with Gasteiger partial charge >= 0.3 is 46.1 Å². The van der Waals surface area contributed by atoms with Crippen molar-refractivity contribution in [3.63, 3.8) is 0 Å². The Bertz CT molecular complexity index is 2670. The minimum absolute atomic E-state index is 0. The van der Waals surface area contributed by atoms with E-state index in [0.717, 1.165) is 79.1 Å². The van der Waals surface area contributed by atoms with Crippen LogP contribution in [0.5, 0.6) is 28.7 Å². The van der Waals surface area contributed by atoms with E-state index < -0.39 is 0 Å². The Hall–Kier alpha value is -5.37.